The van der Waals surface area contributed by atoms with E-state index < -0.39 is 0 Å². The number of carbonyl (C=O) groups excluding carboxylic acids is 1. The minimum atomic E-state index is -0.237. The molecule has 0 saturated heterocycles. The Hall–Kier alpha value is -2.71. The average molecular weight is 266 g/mol. The van der Waals surface area contributed by atoms with Gasteiger partial charge in [0, 0.05) is 23.5 Å². The highest BCUT2D eigenvalue weighted by Crippen LogP contribution is 2.12. The van der Waals surface area contributed by atoms with Crippen LogP contribution < -0.4 is 11.1 Å². The van der Waals surface area contributed by atoms with Crippen molar-refractivity contribution in [1.29, 1.82) is 0 Å². The summed E-state index contributed by atoms with van der Waals surface area (Å²) in [6.07, 6.45) is 4.56. The summed E-state index contributed by atoms with van der Waals surface area (Å²) in [6, 6.07) is 5.45. The summed E-state index contributed by atoms with van der Waals surface area (Å²) in [7, 11) is 0. The van der Waals surface area contributed by atoms with E-state index in [1.165, 1.54) is 12.4 Å². The monoisotopic (exact) mass is 266 g/mol. The zero-order valence-electron chi connectivity index (χ0n) is 11.1. The lowest BCUT2D eigenvalue weighted by Gasteiger charge is -2.07. The van der Waals surface area contributed by atoms with Crippen molar-refractivity contribution in [1.82, 2.24) is 9.97 Å². The number of nitrogens with zero attached hydrogens (tertiary/aromatic N) is 2. The summed E-state index contributed by atoms with van der Waals surface area (Å²) >= 11 is 0. The SMILES string of the molecule is Cc1ccc(C#CCN)cc1C(=O)Nc1cnccn1. The van der Waals surface area contributed by atoms with Crippen LogP contribution in [-0.4, -0.2) is 22.4 Å². The molecule has 5 heteroatoms. The van der Waals surface area contributed by atoms with Crippen molar-refractivity contribution >= 4 is 11.7 Å². The molecule has 0 spiro atoms. The molecule has 0 aliphatic carbocycles. The van der Waals surface area contributed by atoms with Crippen molar-refractivity contribution in [3.05, 3.63) is 53.5 Å². The van der Waals surface area contributed by atoms with Gasteiger partial charge in [-0.1, -0.05) is 17.9 Å². The zero-order valence-corrected chi connectivity index (χ0v) is 11.1. The van der Waals surface area contributed by atoms with Crippen LogP contribution in [0.3, 0.4) is 0 Å². The molecule has 0 radical (unpaired) electrons. The second kappa shape index (κ2) is 6.45. The number of hydrogen-bond acceptors (Lipinski definition) is 4. The van der Waals surface area contributed by atoms with E-state index in [0.717, 1.165) is 11.1 Å². The largest absolute Gasteiger partial charge is 0.320 e. The molecule has 20 heavy (non-hydrogen) atoms. The molecule has 2 rings (SSSR count). The first kappa shape index (κ1) is 13.7. The van der Waals surface area contributed by atoms with Crippen molar-refractivity contribution in [3.8, 4) is 11.8 Å². The van der Waals surface area contributed by atoms with Crippen molar-refractivity contribution < 1.29 is 4.79 Å². The van der Waals surface area contributed by atoms with Crippen LogP contribution in [-0.2, 0) is 0 Å². The Morgan fingerprint density at radius 2 is 2.25 bits per heavy atom. The predicted octanol–water partition coefficient (Wildman–Crippen LogP) is 1.35. The lowest BCUT2D eigenvalue weighted by atomic mass is 10.0. The van der Waals surface area contributed by atoms with E-state index in [0.29, 0.717) is 11.4 Å². The molecule has 0 unspecified atom stereocenters. The second-order valence-electron chi connectivity index (χ2n) is 4.08. The molecule has 1 aromatic heterocycles. The Morgan fingerprint density at radius 1 is 1.40 bits per heavy atom. The molecule has 0 aliphatic heterocycles. The number of amides is 1. The number of benzene rings is 1. The van der Waals surface area contributed by atoms with Gasteiger partial charge >= 0.3 is 0 Å². The molecule has 0 fully saturated rings. The van der Waals surface area contributed by atoms with Crippen LogP contribution in [0.15, 0.2) is 36.8 Å². The highest BCUT2D eigenvalue weighted by Gasteiger charge is 2.10. The van der Waals surface area contributed by atoms with Crippen LogP contribution in [0.25, 0.3) is 0 Å². The van der Waals surface area contributed by atoms with Gasteiger partial charge in [0.1, 0.15) is 0 Å². The Bertz CT molecular complexity index is 671. The van der Waals surface area contributed by atoms with E-state index in [1.54, 1.807) is 12.3 Å². The third kappa shape index (κ3) is 3.40. The minimum absolute atomic E-state index is 0.237. The van der Waals surface area contributed by atoms with Crippen LogP contribution in [0.5, 0.6) is 0 Å². The summed E-state index contributed by atoms with van der Waals surface area (Å²) in [5.74, 6) is 5.85. The lowest BCUT2D eigenvalue weighted by molar-refractivity contribution is 0.102. The van der Waals surface area contributed by atoms with Gasteiger partial charge in [-0.2, -0.15) is 0 Å². The van der Waals surface area contributed by atoms with E-state index in [-0.39, 0.29) is 12.5 Å². The normalized spacial score (nSPS) is 9.50. The molecule has 0 saturated carbocycles. The van der Waals surface area contributed by atoms with Gasteiger partial charge in [-0.15, -0.1) is 0 Å². The first-order chi connectivity index (χ1) is 9.70. The number of aromatic nitrogens is 2. The van der Waals surface area contributed by atoms with Gasteiger partial charge in [0.05, 0.1) is 12.7 Å². The van der Waals surface area contributed by atoms with Crippen LogP contribution in [0.2, 0.25) is 0 Å². The topological polar surface area (TPSA) is 80.9 Å². The fourth-order valence-electron chi connectivity index (χ4n) is 1.64. The molecular weight excluding hydrogens is 252 g/mol. The molecule has 100 valence electrons. The number of nitrogens with one attached hydrogen (secondary N) is 1. The first-order valence-electron chi connectivity index (χ1n) is 6.07. The smallest absolute Gasteiger partial charge is 0.257 e. The van der Waals surface area contributed by atoms with Gasteiger partial charge in [0.15, 0.2) is 5.82 Å². The van der Waals surface area contributed by atoms with E-state index in [9.17, 15) is 4.79 Å². The van der Waals surface area contributed by atoms with Crippen LogP contribution >= 0.6 is 0 Å². The van der Waals surface area contributed by atoms with Crippen LogP contribution in [0, 0.1) is 18.8 Å². The standard InChI is InChI=1S/C15H14N4O/c1-11-4-5-12(3-2-6-16)9-13(11)15(20)19-14-10-17-7-8-18-14/h4-5,7-10H,6,16H2,1H3,(H,18,19,20). The molecule has 0 bridgehead atoms. The highest BCUT2D eigenvalue weighted by atomic mass is 16.1. The molecular formula is C15H14N4O. The van der Waals surface area contributed by atoms with Crippen molar-refractivity contribution in [2.45, 2.75) is 6.92 Å². The molecule has 0 atom stereocenters. The van der Waals surface area contributed by atoms with Gasteiger partial charge < -0.3 is 11.1 Å². The Morgan fingerprint density at radius 3 is 2.95 bits per heavy atom. The average Bonchev–Trinajstić information content (AvgIpc) is 2.47. The summed E-state index contributed by atoms with van der Waals surface area (Å²) in [4.78, 5) is 20.1. The van der Waals surface area contributed by atoms with Crippen molar-refractivity contribution in [2.24, 2.45) is 5.73 Å². The predicted molar refractivity (Wildman–Crippen MR) is 77.1 cm³/mol. The molecule has 0 aliphatic rings. The van der Waals surface area contributed by atoms with E-state index >= 15 is 0 Å². The number of nitrogens with two attached hydrogens (primary N) is 1. The van der Waals surface area contributed by atoms with Gasteiger partial charge in [-0.25, -0.2) is 4.98 Å². The van der Waals surface area contributed by atoms with Gasteiger partial charge in [0.2, 0.25) is 0 Å². The minimum Gasteiger partial charge on any atom is -0.320 e. The molecule has 1 aromatic carbocycles. The maximum Gasteiger partial charge on any atom is 0.257 e. The van der Waals surface area contributed by atoms with E-state index in [1.807, 2.05) is 19.1 Å². The number of carbonyl (C=O) groups is 1. The lowest BCUT2D eigenvalue weighted by Crippen LogP contribution is -2.14. The Labute approximate surface area is 117 Å². The van der Waals surface area contributed by atoms with Crippen molar-refractivity contribution in [2.75, 3.05) is 11.9 Å². The summed E-state index contributed by atoms with van der Waals surface area (Å²) in [5.41, 5.74) is 7.51. The number of aryl methyl sites for hydroxylation is 1. The third-order valence-corrected chi connectivity index (χ3v) is 2.62. The maximum atomic E-state index is 12.2. The summed E-state index contributed by atoms with van der Waals surface area (Å²) in [5, 5.41) is 2.70. The number of anilines is 1. The van der Waals surface area contributed by atoms with E-state index in [2.05, 4.69) is 27.1 Å². The summed E-state index contributed by atoms with van der Waals surface area (Å²) < 4.78 is 0. The molecule has 3 N–H and O–H groups in total. The summed E-state index contributed by atoms with van der Waals surface area (Å²) in [6.45, 7) is 2.15. The molecule has 5 nitrogen and oxygen atoms in total. The molecule has 1 heterocycles. The number of rotatable bonds is 2. The molecule has 1 amide bonds. The number of hydrogen-bond donors (Lipinski definition) is 2. The van der Waals surface area contributed by atoms with Gasteiger partial charge in [0.25, 0.3) is 5.91 Å². The van der Waals surface area contributed by atoms with Crippen LogP contribution in [0.4, 0.5) is 5.82 Å². The van der Waals surface area contributed by atoms with Gasteiger partial charge in [-0.05, 0) is 24.6 Å². The maximum absolute atomic E-state index is 12.2. The first-order valence-corrected chi connectivity index (χ1v) is 6.07. The van der Waals surface area contributed by atoms with Gasteiger partial charge in [-0.3, -0.25) is 9.78 Å². The Balaban J connectivity index is 2.25. The zero-order chi connectivity index (χ0) is 14.4. The Kier molecular flexibility index (Phi) is 4.43. The quantitative estimate of drug-likeness (QED) is 0.804. The molecule has 2 aromatic rings. The highest BCUT2D eigenvalue weighted by molar-refractivity contribution is 6.04. The van der Waals surface area contributed by atoms with Crippen LogP contribution in [0.1, 0.15) is 21.5 Å². The van der Waals surface area contributed by atoms with Crippen molar-refractivity contribution in [3.63, 3.8) is 0 Å². The van der Waals surface area contributed by atoms with E-state index in [4.69, 9.17) is 5.73 Å². The second-order valence-corrected chi connectivity index (χ2v) is 4.08. The third-order valence-electron chi connectivity index (χ3n) is 2.62. The fourth-order valence-corrected chi connectivity index (χ4v) is 1.64. The fraction of sp³-hybridized carbons (Fsp3) is 0.133.